The molecule has 0 aliphatic rings. The van der Waals surface area contributed by atoms with E-state index in [9.17, 15) is 0 Å². The van der Waals surface area contributed by atoms with Gasteiger partial charge in [-0.3, -0.25) is 4.40 Å². The van der Waals surface area contributed by atoms with Crippen LogP contribution in [0.4, 0.5) is 0 Å². The van der Waals surface area contributed by atoms with Crippen molar-refractivity contribution in [3.63, 3.8) is 0 Å². The lowest BCUT2D eigenvalue weighted by molar-refractivity contribution is 0.750. The SMILES string of the molecule is Cc1cc(C)n2c(C(C)C)nnc2n1. The lowest BCUT2D eigenvalue weighted by Gasteiger charge is -2.05. The Labute approximate surface area is 83.0 Å². The molecular formula is C10H14N4. The van der Waals surface area contributed by atoms with Crippen molar-refractivity contribution in [2.75, 3.05) is 0 Å². The summed E-state index contributed by atoms with van der Waals surface area (Å²) in [6.45, 7) is 8.24. The monoisotopic (exact) mass is 190 g/mol. The summed E-state index contributed by atoms with van der Waals surface area (Å²) in [6, 6.07) is 2.04. The highest BCUT2D eigenvalue weighted by molar-refractivity contribution is 5.33. The molecule has 0 saturated carbocycles. The Kier molecular flexibility index (Phi) is 1.98. The van der Waals surface area contributed by atoms with Gasteiger partial charge in [0.05, 0.1) is 0 Å². The van der Waals surface area contributed by atoms with Crippen LogP contribution in [-0.2, 0) is 0 Å². The number of nitrogens with zero attached hydrogens (tertiary/aromatic N) is 4. The second-order valence-electron chi connectivity index (χ2n) is 3.89. The predicted octanol–water partition coefficient (Wildman–Crippen LogP) is 1.86. The van der Waals surface area contributed by atoms with E-state index in [4.69, 9.17) is 0 Å². The molecule has 2 aromatic rings. The minimum Gasteiger partial charge on any atom is -0.267 e. The minimum atomic E-state index is 0.369. The van der Waals surface area contributed by atoms with Crippen molar-refractivity contribution in [1.29, 1.82) is 0 Å². The van der Waals surface area contributed by atoms with E-state index >= 15 is 0 Å². The Morgan fingerprint density at radius 1 is 1.21 bits per heavy atom. The van der Waals surface area contributed by atoms with Crippen LogP contribution in [0, 0.1) is 13.8 Å². The van der Waals surface area contributed by atoms with Gasteiger partial charge in [-0.25, -0.2) is 4.98 Å². The minimum absolute atomic E-state index is 0.369. The lowest BCUT2D eigenvalue weighted by atomic mass is 10.2. The van der Waals surface area contributed by atoms with Gasteiger partial charge in [0.15, 0.2) is 0 Å². The molecule has 2 heterocycles. The number of fused-ring (bicyclic) bond motifs is 1. The molecule has 0 spiro atoms. The molecule has 0 bridgehead atoms. The number of hydrogen-bond donors (Lipinski definition) is 0. The summed E-state index contributed by atoms with van der Waals surface area (Å²) in [4.78, 5) is 4.33. The van der Waals surface area contributed by atoms with E-state index in [0.29, 0.717) is 11.7 Å². The molecule has 0 aliphatic heterocycles. The number of aromatic nitrogens is 4. The zero-order valence-electron chi connectivity index (χ0n) is 8.94. The van der Waals surface area contributed by atoms with E-state index in [1.165, 1.54) is 0 Å². The maximum atomic E-state index is 4.33. The molecule has 0 fully saturated rings. The van der Waals surface area contributed by atoms with Crippen molar-refractivity contribution in [2.24, 2.45) is 0 Å². The van der Waals surface area contributed by atoms with Crippen LogP contribution in [0.15, 0.2) is 6.07 Å². The molecule has 0 atom stereocenters. The number of aryl methyl sites for hydroxylation is 2. The molecule has 0 aliphatic carbocycles. The third-order valence-corrected chi connectivity index (χ3v) is 2.23. The topological polar surface area (TPSA) is 43.1 Å². The van der Waals surface area contributed by atoms with Crippen molar-refractivity contribution in [3.8, 4) is 0 Å². The Morgan fingerprint density at radius 3 is 2.57 bits per heavy atom. The predicted molar refractivity (Wildman–Crippen MR) is 54.3 cm³/mol. The molecule has 0 aromatic carbocycles. The van der Waals surface area contributed by atoms with Gasteiger partial charge in [0.25, 0.3) is 5.78 Å². The molecule has 4 heteroatoms. The van der Waals surface area contributed by atoms with Gasteiger partial charge in [-0.1, -0.05) is 13.8 Å². The van der Waals surface area contributed by atoms with Crippen LogP contribution in [0.3, 0.4) is 0 Å². The number of rotatable bonds is 1. The summed E-state index contributed by atoms with van der Waals surface area (Å²) < 4.78 is 2.01. The second-order valence-corrected chi connectivity index (χ2v) is 3.89. The van der Waals surface area contributed by atoms with Crippen molar-refractivity contribution in [3.05, 3.63) is 23.3 Å². The van der Waals surface area contributed by atoms with Gasteiger partial charge in [-0.2, -0.15) is 0 Å². The first-order valence-corrected chi connectivity index (χ1v) is 4.79. The third-order valence-electron chi connectivity index (χ3n) is 2.23. The van der Waals surface area contributed by atoms with E-state index in [2.05, 4.69) is 36.0 Å². The van der Waals surface area contributed by atoms with Crippen LogP contribution in [0.2, 0.25) is 0 Å². The first kappa shape index (κ1) is 9.12. The van der Waals surface area contributed by atoms with E-state index in [0.717, 1.165) is 17.2 Å². The van der Waals surface area contributed by atoms with E-state index in [-0.39, 0.29) is 0 Å². The van der Waals surface area contributed by atoms with Crippen LogP contribution in [0.1, 0.15) is 37.0 Å². The van der Waals surface area contributed by atoms with Crippen molar-refractivity contribution in [2.45, 2.75) is 33.6 Å². The summed E-state index contributed by atoms with van der Waals surface area (Å²) in [5, 5.41) is 8.21. The summed E-state index contributed by atoms with van der Waals surface area (Å²) in [7, 11) is 0. The molecule has 2 aromatic heterocycles. The fraction of sp³-hybridized carbons (Fsp3) is 0.500. The molecule has 14 heavy (non-hydrogen) atoms. The Bertz CT molecular complexity index is 470. The quantitative estimate of drug-likeness (QED) is 0.689. The van der Waals surface area contributed by atoms with Crippen LogP contribution < -0.4 is 0 Å². The van der Waals surface area contributed by atoms with Gasteiger partial charge in [0.1, 0.15) is 5.82 Å². The van der Waals surface area contributed by atoms with Gasteiger partial charge in [-0.05, 0) is 19.9 Å². The van der Waals surface area contributed by atoms with Crippen LogP contribution >= 0.6 is 0 Å². The van der Waals surface area contributed by atoms with Crippen LogP contribution in [0.25, 0.3) is 5.78 Å². The number of hydrogen-bond acceptors (Lipinski definition) is 3. The molecular weight excluding hydrogens is 176 g/mol. The van der Waals surface area contributed by atoms with Crippen LogP contribution in [0.5, 0.6) is 0 Å². The lowest BCUT2D eigenvalue weighted by Crippen LogP contribution is -2.02. The summed E-state index contributed by atoms with van der Waals surface area (Å²) in [5.74, 6) is 2.05. The Balaban J connectivity index is 2.79. The molecule has 2 rings (SSSR count). The first-order chi connectivity index (χ1) is 6.59. The van der Waals surface area contributed by atoms with E-state index < -0.39 is 0 Å². The Hall–Kier alpha value is -1.45. The molecule has 74 valence electrons. The highest BCUT2D eigenvalue weighted by Gasteiger charge is 2.11. The molecule has 4 nitrogen and oxygen atoms in total. The van der Waals surface area contributed by atoms with Crippen molar-refractivity contribution in [1.82, 2.24) is 19.6 Å². The third kappa shape index (κ3) is 1.27. The molecule has 0 unspecified atom stereocenters. The highest BCUT2D eigenvalue weighted by atomic mass is 15.3. The van der Waals surface area contributed by atoms with Crippen LogP contribution in [-0.4, -0.2) is 19.6 Å². The Morgan fingerprint density at radius 2 is 1.93 bits per heavy atom. The summed E-state index contributed by atoms with van der Waals surface area (Å²) in [5.41, 5.74) is 2.12. The molecule has 0 radical (unpaired) electrons. The van der Waals surface area contributed by atoms with E-state index in [1.807, 2.05) is 17.4 Å². The molecule has 0 saturated heterocycles. The fourth-order valence-corrected chi connectivity index (χ4v) is 1.63. The zero-order valence-corrected chi connectivity index (χ0v) is 8.94. The van der Waals surface area contributed by atoms with E-state index in [1.54, 1.807) is 0 Å². The zero-order chi connectivity index (χ0) is 10.3. The summed E-state index contributed by atoms with van der Waals surface area (Å²) in [6.07, 6.45) is 0. The van der Waals surface area contributed by atoms with Gasteiger partial charge in [-0.15, -0.1) is 10.2 Å². The standard InChI is InChI=1S/C10H14N4/c1-6(2)9-12-13-10-11-7(3)5-8(4)14(9)10/h5-6H,1-4H3. The molecule has 0 N–H and O–H groups in total. The van der Waals surface area contributed by atoms with Crippen molar-refractivity contribution >= 4 is 5.78 Å². The van der Waals surface area contributed by atoms with Gasteiger partial charge < -0.3 is 0 Å². The largest absolute Gasteiger partial charge is 0.267 e. The highest BCUT2D eigenvalue weighted by Crippen LogP contribution is 2.14. The molecule has 0 amide bonds. The van der Waals surface area contributed by atoms with Crippen molar-refractivity contribution < 1.29 is 0 Å². The second kappa shape index (κ2) is 3.04. The smallest absolute Gasteiger partial charge is 0.255 e. The average Bonchev–Trinajstić information content (AvgIpc) is 2.47. The fourth-order valence-electron chi connectivity index (χ4n) is 1.63. The first-order valence-electron chi connectivity index (χ1n) is 4.79. The normalized spacial score (nSPS) is 11.5. The van der Waals surface area contributed by atoms with Gasteiger partial charge in [0, 0.05) is 17.3 Å². The van der Waals surface area contributed by atoms with Gasteiger partial charge in [0.2, 0.25) is 0 Å². The van der Waals surface area contributed by atoms with Gasteiger partial charge >= 0.3 is 0 Å². The average molecular weight is 190 g/mol. The maximum absolute atomic E-state index is 4.33. The maximum Gasteiger partial charge on any atom is 0.255 e. The summed E-state index contributed by atoms with van der Waals surface area (Å²) >= 11 is 0.